The van der Waals surface area contributed by atoms with Crippen LogP contribution in [-0.4, -0.2) is 44.4 Å². The van der Waals surface area contributed by atoms with Gasteiger partial charge in [-0.1, -0.05) is 17.7 Å². The maximum atomic E-state index is 6.19. The van der Waals surface area contributed by atoms with Crippen molar-refractivity contribution in [1.29, 1.82) is 0 Å². The van der Waals surface area contributed by atoms with Gasteiger partial charge in [0.05, 0.1) is 24.8 Å². The van der Waals surface area contributed by atoms with Crippen molar-refractivity contribution in [2.45, 2.75) is 26.7 Å². The van der Waals surface area contributed by atoms with Crippen molar-refractivity contribution in [1.82, 2.24) is 4.90 Å². The molecule has 1 heterocycles. The van der Waals surface area contributed by atoms with E-state index in [0.717, 1.165) is 63.6 Å². The molecule has 120 valence electrons. The lowest BCUT2D eigenvalue weighted by atomic mass is 10.1. The first kappa shape index (κ1) is 18.6. The molecular formula is C16H25Cl2NO2. The molecule has 0 radical (unpaired) electrons. The molecule has 21 heavy (non-hydrogen) atoms. The minimum absolute atomic E-state index is 0. The van der Waals surface area contributed by atoms with Crippen molar-refractivity contribution >= 4 is 24.0 Å². The maximum Gasteiger partial charge on any atom is 0.141 e. The molecule has 0 saturated carbocycles. The Labute approximate surface area is 139 Å². The number of hydrogen-bond acceptors (Lipinski definition) is 3. The van der Waals surface area contributed by atoms with Gasteiger partial charge in [-0.05, 0) is 50.4 Å². The summed E-state index contributed by atoms with van der Waals surface area (Å²) in [5.74, 6) is 0.845. The number of aryl methyl sites for hydroxylation is 1. The molecule has 2 rings (SSSR count). The van der Waals surface area contributed by atoms with E-state index in [0.29, 0.717) is 5.02 Å². The SMILES string of the molecule is Cc1ccc(Cl)c(OCCCCN2CCOCC2)c1C.Cl. The lowest BCUT2D eigenvalue weighted by Crippen LogP contribution is -2.36. The van der Waals surface area contributed by atoms with E-state index in [-0.39, 0.29) is 12.4 Å². The Morgan fingerprint density at radius 2 is 1.90 bits per heavy atom. The van der Waals surface area contributed by atoms with Gasteiger partial charge >= 0.3 is 0 Å². The van der Waals surface area contributed by atoms with Gasteiger partial charge in [0.1, 0.15) is 5.75 Å². The van der Waals surface area contributed by atoms with Gasteiger partial charge < -0.3 is 9.47 Å². The van der Waals surface area contributed by atoms with Crippen molar-refractivity contribution in [3.8, 4) is 5.75 Å². The third kappa shape index (κ3) is 5.67. The number of benzene rings is 1. The van der Waals surface area contributed by atoms with Crippen LogP contribution in [0, 0.1) is 13.8 Å². The third-order valence-electron chi connectivity index (χ3n) is 3.85. The van der Waals surface area contributed by atoms with E-state index in [1.165, 1.54) is 5.56 Å². The molecule has 0 amide bonds. The quantitative estimate of drug-likeness (QED) is 0.737. The molecule has 0 aromatic heterocycles. The van der Waals surface area contributed by atoms with Gasteiger partial charge in [0, 0.05) is 13.1 Å². The highest BCUT2D eigenvalue weighted by molar-refractivity contribution is 6.32. The van der Waals surface area contributed by atoms with E-state index in [2.05, 4.69) is 18.7 Å². The van der Waals surface area contributed by atoms with Crippen LogP contribution in [0.2, 0.25) is 5.02 Å². The van der Waals surface area contributed by atoms with Crippen molar-refractivity contribution in [2.75, 3.05) is 39.5 Å². The van der Waals surface area contributed by atoms with E-state index >= 15 is 0 Å². The molecule has 1 aliphatic rings. The Balaban J connectivity index is 0.00000220. The topological polar surface area (TPSA) is 21.7 Å². The van der Waals surface area contributed by atoms with Gasteiger partial charge in [-0.15, -0.1) is 12.4 Å². The average molecular weight is 334 g/mol. The lowest BCUT2D eigenvalue weighted by Gasteiger charge is -2.26. The zero-order chi connectivity index (χ0) is 14.4. The molecule has 0 spiro atoms. The first-order valence-corrected chi connectivity index (χ1v) is 7.75. The molecule has 0 N–H and O–H groups in total. The fourth-order valence-electron chi connectivity index (χ4n) is 2.37. The second-order valence-electron chi connectivity index (χ2n) is 5.33. The first-order valence-electron chi connectivity index (χ1n) is 7.37. The standard InChI is InChI=1S/C16H24ClNO2.ClH/c1-13-5-6-15(17)16(14(13)2)20-10-4-3-7-18-8-11-19-12-9-18;/h5-6H,3-4,7-12H2,1-2H3;1H. The van der Waals surface area contributed by atoms with Gasteiger partial charge in [0.25, 0.3) is 0 Å². The molecule has 0 aliphatic carbocycles. The summed E-state index contributed by atoms with van der Waals surface area (Å²) in [5, 5.41) is 0.710. The highest BCUT2D eigenvalue weighted by Crippen LogP contribution is 2.30. The Morgan fingerprint density at radius 3 is 2.62 bits per heavy atom. The summed E-state index contributed by atoms with van der Waals surface area (Å²) in [7, 11) is 0. The van der Waals surface area contributed by atoms with Gasteiger partial charge in [-0.3, -0.25) is 4.90 Å². The van der Waals surface area contributed by atoms with Crippen LogP contribution >= 0.6 is 24.0 Å². The van der Waals surface area contributed by atoms with Crippen LogP contribution in [0.1, 0.15) is 24.0 Å². The monoisotopic (exact) mass is 333 g/mol. The summed E-state index contributed by atoms with van der Waals surface area (Å²) in [4.78, 5) is 2.45. The lowest BCUT2D eigenvalue weighted by molar-refractivity contribution is 0.0368. The molecule has 0 unspecified atom stereocenters. The molecule has 0 bridgehead atoms. The number of nitrogens with zero attached hydrogens (tertiary/aromatic N) is 1. The Morgan fingerprint density at radius 1 is 1.19 bits per heavy atom. The number of rotatable bonds is 6. The number of unbranched alkanes of at least 4 members (excludes halogenated alkanes) is 1. The Hall–Kier alpha value is -0.480. The summed E-state index contributed by atoms with van der Waals surface area (Å²) in [6.45, 7) is 9.86. The largest absolute Gasteiger partial charge is 0.492 e. The van der Waals surface area contributed by atoms with Crippen molar-refractivity contribution < 1.29 is 9.47 Å². The van der Waals surface area contributed by atoms with Crippen LogP contribution in [0.25, 0.3) is 0 Å². The highest BCUT2D eigenvalue weighted by Gasteiger charge is 2.10. The van der Waals surface area contributed by atoms with Crippen LogP contribution in [-0.2, 0) is 4.74 Å². The van der Waals surface area contributed by atoms with Crippen molar-refractivity contribution in [3.05, 3.63) is 28.3 Å². The van der Waals surface area contributed by atoms with E-state index in [1.807, 2.05) is 12.1 Å². The summed E-state index contributed by atoms with van der Waals surface area (Å²) >= 11 is 6.19. The molecule has 0 atom stereocenters. The van der Waals surface area contributed by atoms with E-state index in [4.69, 9.17) is 21.1 Å². The van der Waals surface area contributed by atoms with E-state index in [9.17, 15) is 0 Å². The number of morpholine rings is 1. The molecule has 1 aromatic carbocycles. The van der Waals surface area contributed by atoms with Crippen LogP contribution in [0.5, 0.6) is 5.75 Å². The zero-order valence-corrected chi connectivity index (χ0v) is 14.4. The van der Waals surface area contributed by atoms with Crippen molar-refractivity contribution in [2.24, 2.45) is 0 Å². The van der Waals surface area contributed by atoms with Gasteiger partial charge in [-0.25, -0.2) is 0 Å². The fraction of sp³-hybridized carbons (Fsp3) is 0.625. The normalized spacial score (nSPS) is 15.6. The summed E-state index contributed by atoms with van der Waals surface area (Å²) in [6.07, 6.45) is 2.21. The molecule has 5 heteroatoms. The predicted molar refractivity (Wildman–Crippen MR) is 90.2 cm³/mol. The Kier molecular flexibility index (Phi) is 8.42. The van der Waals surface area contributed by atoms with Gasteiger partial charge in [-0.2, -0.15) is 0 Å². The van der Waals surface area contributed by atoms with E-state index < -0.39 is 0 Å². The first-order chi connectivity index (χ1) is 9.68. The smallest absolute Gasteiger partial charge is 0.141 e. The second kappa shape index (κ2) is 9.52. The summed E-state index contributed by atoms with van der Waals surface area (Å²) in [6, 6.07) is 3.94. The van der Waals surface area contributed by atoms with Gasteiger partial charge in [0.2, 0.25) is 0 Å². The molecule has 1 aromatic rings. The fourth-order valence-corrected chi connectivity index (χ4v) is 2.63. The molecule has 1 aliphatic heterocycles. The maximum absolute atomic E-state index is 6.19. The zero-order valence-electron chi connectivity index (χ0n) is 12.9. The summed E-state index contributed by atoms with van der Waals surface area (Å²) < 4.78 is 11.2. The molecule has 1 saturated heterocycles. The van der Waals surface area contributed by atoms with Crippen molar-refractivity contribution in [3.63, 3.8) is 0 Å². The minimum atomic E-state index is 0. The molecule has 1 fully saturated rings. The van der Waals surface area contributed by atoms with Crippen LogP contribution in [0.3, 0.4) is 0 Å². The summed E-state index contributed by atoms with van der Waals surface area (Å²) in [5.41, 5.74) is 2.36. The molecule has 3 nitrogen and oxygen atoms in total. The Bertz CT molecular complexity index is 435. The van der Waals surface area contributed by atoms with Crippen LogP contribution in [0.4, 0.5) is 0 Å². The highest BCUT2D eigenvalue weighted by atomic mass is 35.5. The third-order valence-corrected chi connectivity index (χ3v) is 4.15. The minimum Gasteiger partial charge on any atom is -0.492 e. The predicted octanol–water partition coefficient (Wildman–Crippen LogP) is 3.87. The second-order valence-corrected chi connectivity index (χ2v) is 5.74. The average Bonchev–Trinajstić information content (AvgIpc) is 2.47. The number of hydrogen-bond donors (Lipinski definition) is 0. The number of ether oxygens (including phenoxy) is 2. The van der Waals surface area contributed by atoms with Gasteiger partial charge in [0.15, 0.2) is 0 Å². The molecular weight excluding hydrogens is 309 g/mol. The van der Waals surface area contributed by atoms with E-state index in [1.54, 1.807) is 0 Å². The van der Waals surface area contributed by atoms with Crippen LogP contribution in [0.15, 0.2) is 12.1 Å². The van der Waals surface area contributed by atoms with Crippen LogP contribution < -0.4 is 4.74 Å². The number of halogens is 2.